The van der Waals surface area contributed by atoms with Gasteiger partial charge in [0.25, 0.3) is 0 Å². The lowest BCUT2D eigenvalue weighted by Gasteiger charge is -2.26. The Morgan fingerprint density at radius 3 is 2.71 bits per heavy atom. The van der Waals surface area contributed by atoms with Crippen LogP contribution in [0, 0.1) is 0 Å². The Kier molecular flexibility index (Phi) is 4.89. The second-order valence-corrected chi connectivity index (χ2v) is 6.13. The monoisotopic (exact) mass is 323 g/mol. The largest absolute Gasteiger partial charge is 0.368 e. The van der Waals surface area contributed by atoms with Crippen LogP contribution in [0.15, 0.2) is 42.6 Å². The summed E-state index contributed by atoms with van der Waals surface area (Å²) in [7, 11) is 0. The van der Waals surface area contributed by atoms with Gasteiger partial charge in [0.05, 0.1) is 12.1 Å². The number of nitrogens with two attached hydrogens (primary N) is 1. The standard InChI is InChI=1S/C19H21N3O2/c20-17(23)13-22(16-8-1-2-9-16)18(24)11-10-15-6-3-5-14-7-4-12-21-19(14)15/h3-7,10-12,16H,1-2,8-9,13H2,(H2,20,23)/b11-10-. The van der Waals surface area contributed by atoms with Crippen molar-refractivity contribution >= 4 is 28.8 Å². The van der Waals surface area contributed by atoms with E-state index < -0.39 is 5.91 Å². The normalized spacial score (nSPS) is 15.2. The molecule has 1 fully saturated rings. The summed E-state index contributed by atoms with van der Waals surface area (Å²) in [6.45, 7) is -0.0262. The van der Waals surface area contributed by atoms with E-state index in [2.05, 4.69) is 4.98 Å². The van der Waals surface area contributed by atoms with E-state index in [-0.39, 0.29) is 18.5 Å². The number of carbonyl (C=O) groups excluding carboxylic acids is 2. The number of para-hydroxylation sites is 1. The summed E-state index contributed by atoms with van der Waals surface area (Å²) in [5.41, 5.74) is 7.05. The Morgan fingerprint density at radius 1 is 1.21 bits per heavy atom. The predicted molar refractivity (Wildman–Crippen MR) is 93.9 cm³/mol. The van der Waals surface area contributed by atoms with Crippen LogP contribution in [0.2, 0.25) is 0 Å². The summed E-state index contributed by atoms with van der Waals surface area (Å²) >= 11 is 0. The zero-order valence-corrected chi connectivity index (χ0v) is 13.5. The number of amides is 2. The van der Waals surface area contributed by atoms with Crippen molar-refractivity contribution in [1.29, 1.82) is 0 Å². The van der Waals surface area contributed by atoms with Crippen molar-refractivity contribution in [3.8, 4) is 0 Å². The molecule has 2 amide bonds. The minimum Gasteiger partial charge on any atom is -0.368 e. The topological polar surface area (TPSA) is 76.3 Å². The maximum Gasteiger partial charge on any atom is 0.247 e. The summed E-state index contributed by atoms with van der Waals surface area (Å²) in [4.78, 5) is 29.9. The van der Waals surface area contributed by atoms with Crippen LogP contribution in [0.25, 0.3) is 17.0 Å². The minimum atomic E-state index is -0.476. The van der Waals surface area contributed by atoms with E-state index in [1.807, 2.05) is 30.3 Å². The molecule has 1 saturated carbocycles. The number of hydrogen-bond acceptors (Lipinski definition) is 3. The lowest BCUT2D eigenvalue weighted by Crippen LogP contribution is -2.43. The van der Waals surface area contributed by atoms with E-state index in [0.717, 1.165) is 42.1 Å². The zero-order valence-electron chi connectivity index (χ0n) is 13.5. The Labute approximate surface area is 141 Å². The van der Waals surface area contributed by atoms with E-state index in [4.69, 9.17) is 5.73 Å². The highest BCUT2D eigenvalue weighted by Gasteiger charge is 2.26. The van der Waals surface area contributed by atoms with Gasteiger partial charge in [-0.25, -0.2) is 0 Å². The summed E-state index contributed by atoms with van der Waals surface area (Å²) in [6, 6.07) is 9.83. The fraction of sp³-hybridized carbons (Fsp3) is 0.316. The Balaban J connectivity index is 1.82. The SMILES string of the molecule is NC(=O)CN(C(=O)/C=C\c1cccc2cccnc12)C1CCCC1. The molecule has 5 heteroatoms. The van der Waals surface area contributed by atoms with Crippen molar-refractivity contribution in [1.82, 2.24) is 9.88 Å². The Bertz CT molecular complexity index is 774. The van der Waals surface area contributed by atoms with Crippen LogP contribution in [0.1, 0.15) is 31.2 Å². The fourth-order valence-electron chi connectivity index (χ4n) is 3.29. The summed E-state index contributed by atoms with van der Waals surface area (Å²) in [6.07, 6.45) is 9.06. The Hall–Kier alpha value is -2.69. The van der Waals surface area contributed by atoms with Crippen LogP contribution in [-0.2, 0) is 9.59 Å². The van der Waals surface area contributed by atoms with Gasteiger partial charge in [-0.1, -0.05) is 37.1 Å². The maximum absolute atomic E-state index is 12.6. The number of pyridine rings is 1. The fourth-order valence-corrected chi connectivity index (χ4v) is 3.29. The molecular formula is C19H21N3O2. The number of primary amides is 1. The highest BCUT2D eigenvalue weighted by molar-refractivity contribution is 5.97. The average Bonchev–Trinajstić information content (AvgIpc) is 3.11. The zero-order chi connectivity index (χ0) is 16.9. The quantitative estimate of drug-likeness (QED) is 0.859. The Morgan fingerprint density at radius 2 is 1.96 bits per heavy atom. The molecule has 0 bridgehead atoms. The molecule has 24 heavy (non-hydrogen) atoms. The molecule has 1 heterocycles. The number of rotatable bonds is 5. The molecular weight excluding hydrogens is 302 g/mol. The first-order chi connectivity index (χ1) is 11.6. The van der Waals surface area contributed by atoms with Gasteiger partial charge >= 0.3 is 0 Å². The number of benzene rings is 1. The molecule has 0 spiro atoms. The van der Waals surface area contributed by atoms with Gasteiger partial charge in [0, 0.05) is 29.3 Å². The first-order valence-corrected chi connectivity index (χ1v) is 8.26. The van der Waals surface area contributed by atoms with Gasteiger partial charge in [-0.3, -0.25) is 14.6 Å². The predicted octanol–water partition coefficient (Wildman–Crippen LogP) is 2.50. The number of fused-ring (bicyclic) bond motifs is 1. The van der Waals surface area contributed by atoms with E-state index in [9.17, 15) is 9.59 Å². The average molecular weight is 323 g/mol. The van der Waals surface area contributed by atoms with Crippen molar-refractivity contribution in [3.05, 3.63) is 48.2 Å². The van der Waals surface area contributed by atoms with E-state index in [0.29, 0.717) is 0 Å². The number of nitrogens with zero attached hydrogens (tertiary/aromatic N) is 2. The van der Waals surface area contributed by atoms with E-state index in [1.165, 1.54) is 6.08 Å². The lowest BCUT2D eigenvalue weighted by atomic mass is 10.1. The molecule has 0 atom stereocenters. The highest BCUT2D eigenvalue weighted by Crippen LogP contribution is 2.24. The summed E-state index contributed by atoms with van der Waals surface area (Å²) in [5, 5.41) is 1.02. The third kappa shape index (κ3) is 3.62. The molecule has 0 aliphatic heterocycles. The second-order valence-electron chi connectivity index (χ2n) is 6.13. The van der Waals surface area contributed by atoms with Crippen LogP contribution in [-0.4, -0.2) is 34.3 Å². The highest BCUT2D eigenvalue weighted by atomic mass is 16.2. The second kappa shape index (κ2) is 7.25. The van der Waals surface area contributed by atoms with Crippen molar-refractivity contribution in [3.63, 3.8) is 0 Å². The van der Waals surface area contributed by atoms with Gasteiger partial charge in [-0.15, -0.1) is 0 Å². The molecule has 3 rings (SSSR count). The molecule has 2 N–H and O–H groups in total. The van der Waals surface area contributed by atoms with Crippen LogP contribution in [0.3, 0.4) is 0 Å². The molecule has 2 aromatic rings. The van der Waals surface area contributed by atoms with Crippen LogP contribution < -0.4 is 5.73 Å². The number of aromatic nitrogens is 1. The van der Waals surface area contributed by atoms with Crippen molar-refractivity contribution in [2.75, 3.05) is 6.54 Å². The number of carbonyl (C=O) groups is 2. The molecule has 124 valence electrons. The summed E-state index contributed by atoms with van der Waals surface area (Å²) < 4.78 is 0. The molecule has 0 unspecified atom stereocenters. The van der Waals surface area contributed by atoms with Crippen molar-refractivity contribution in [2.24, 2.45) is 5.73 Å². The minimum absolute atomic E-state index is 0.0262. The smallest absolute Gasteiger partial charge is 0.247 e. The third-order valence-corrected chi connectivity index (χ3v) is 4.44. The van der Waals surface area contributed by atoms with Gasteiger partial charge < -0.3 is 10.6 Å². The van der Waals surface area contributed by atoms with E-state index in [1.54, 1.807) is 17.2 Å². The molecule has 1 aromatic carbocycles. The molecule has 0 radical (unpaired) electrons. The third-order valence-electron chi connectivity index (χ3n) is 4.44. The molecule has 0 saturated heterocycles. The van der Waals surface area contributed by atoms with Crippen LogP contribution >= 0.6 is 0 Å². The molecule has 1 aliphatic carbocycles. The van der Waals surface area contributed by atoms with Crippen molar-refractivity contribution in [2.45, 2.75) is 31.7 Å². The molecule has 5 nitrogen and oxygen atoms in total. The van der Waals surface area contributed by atoms with E-state index >= 15 is 0 Å². The molecule has 1 aliphatic rings. The molecule has 1 aromatic heterocycles. The summed E-state index contributed by atoms with van der Waals surface area (Å²) in [5.74, 6) is -0.649. The van der Waals surface area contributed by atoms with Crippen LogP contribution in [0.4, 0.5) is 0 Å². The van der Waals surface area contributed by atoms with Gasteiger partial charge in [0.2, 0.25) is 11.8 Å². The van der Waals surface area contributed by atoms with Gasteiger partial charge in [0.15, 0.2) is 0 Å². The van der Waals surface area contributed by atoms with Gasteiger partial charge in [0.1, 0.15) is 0 Å². The number of hydrogen-bond donors (Lipinski definition) is 1. The lowest BCUT2D eigenvalue weighted by molar-refractivity contribution is -0.133. The van der Waals surface area contributed by atoms with Crippen LogP contribution in [0.5, 0.6) is 0 Å². The van der Waals surface area contributed by atoms with Crippen molar-refractivity contribution < 1.29 is 9.59 Å². The maximum atomic E-state index is 12.6. The van der Waals surface area contributed by atoms with Gasteiger partial charge in [-0.2, -0.15) is 0 Å². The first-order valence-electron chi connectivity index (χ1n) is 8.26. The van der Waals surface area contributed by atoms with Gasteiger partial charge in [-0.05, 0) is 25.0 Å². The first kappa shape index (κ1) is 16.2.